The zero-order valence-corrected chi connectivity index (χ0v) is 30.9. The van der Waals surface area contributed by atoms with Gasteiger partial charge in [-0.3, -0.25) is 0 Å². The molecule has 1 nitrogen and oxygen atoms in total. The predicted octanol–water partition coefficient (Wildman–Crippen LogP) is 14.7. The lowest BCUT2D eigenvalue weighted by atomic mass is 9.81. The fourth-order valence-electron chi connectivity index (χ4n) is 9.48. The molecule has 11 rings (SSSR count). The van der Waals surface area contributed by atoms with E-state index in [1.54, 1.807) is 0 Å². The van der Waals surface area contributed by atoms with E-state index in [1.807, 2.05) is 0 Å². The van der Waals surface area contributed by atoms with Crippen molar-refractivity contribution in [1.82, 2.24) is 0 Å². The Bertz CT molecular complexity index is 3110. The zero-order chi connectivity index (χ0) is 36.7. The van der Waals surface area contributed by atoms with Crippen LogP contribution < -0.4 is 0 Å². The lowest BCUT2D eigenvalue weighted by Crippen LogP contribution is -2.14. The van der Waals surface area contributed by atoms with Gasteiger partial charge in [-0.25, -0.2) is 0 Å². The molecule has 0 radical (unpaired) electrons. The van der Waals surface area contributed by atoms with Crippen molar-refractivity contribution in [2.45, 2.75) is 25.2 Å². The summed E-state index contributed by atoms with van der Waals surface area (Å²) in [5.41, 5.74) is 15.7. The molecule has 1 aliphatic carbocycles. The van der Waals surface area contributed by atoms with Crippen molar-refractivity contribution in [3.63, 3.8) is 0 Å². The van der Waals surface area contributed by atoms with Crippen LogP contribution in [-0.4, -0.2) is 0 Å². The molecule has 0 spiro atoms. The lowest BCUT2D eigenvalue weighted by molar-refractivity contribution is 0.660. The molecule has 260 valence electrons. The Morgan fingerprint density at radius 2 is 1.11 bits per heavy atom. The standard InChI is InChI=1S/C54H38O/c1-54(2)47-21-11-10-19-43(47)44-30-29-41(33-48(44)54)51-42-18-9-8-17-39(42)32-46-52-45(20-12-22-49(52)55-53(46)51)50(40-28-25-35-15-6-7-16-38(35)31-40)37-26-23-36(24-27-37)34-13-4-3-5-14-34/h3-33,50H,1-2H3. The van der Waals surface area contributed by atoms with Gasteiger partial charge in [0.25, 0.3) is 0 Å². The number of furan rings is 1. The maximum atomic E-state index is 7.09. The third-order valence-electron chi connectivity index (χ3n) is 12.2. The highest BCUT2D eigenvalue weighted by Crippen LogP contribution is 2.51. The third-order valence-corrected chi connectivity index (χ3v) is 12.2. The molecule has 1 aromatic heterocycles. The minimum Gasteiger partial charge on any atom is -0.455 e. The summed E-state index contributed by atoms with van der Waals surface area (Å²) in [6, 6.07) is 69.1. The number of fused-ring (bicyclic) bond motifs is 8. The molecule has 1 atom stereocenters. The summed E-state index contributed by atoms with van der Waals surface area (Å²) < 4.78 is 7.09. The highest BCUT2D eigenvalue weighted by molar-refractivity contribution is 6.19. The topological polar surface area (TPSA) is 13.1 Å². The van der Waals surface area contributed by atoms with Crippen LogP contribution in [0.5, 0.6) is 0 Å². The molecule has 55 heavy (non-hydrogen) atoms. The molecule has 9 aromatic carbocycles. The largest absolute Gasteiger partial charge is 0.455 e. The highest BCUT2D eigenvalue weighted by atomic mass is 16.3. The second-order valence-electron chi connectivity index (χ2n) is 15.6. The molecule has 0 fully saturated rings. The van der Waals surface area contributed by atoms with Gasteiger partial charge in [0.15, 0.2) is 0 Å². The van der Waals surface area contributed by atoms with Gasteiger partial charge >= 0.3 is 0 Å². The number of benzene rings is 9. The Kier molecular flexibility index (Phi) is 7.03. The van der Waals surface area contributed by atoms with Crippen LogP contribution in [0, 0.1) is 0 Å². The zero-order valence-electron chi connectivity index (χ0n) is 30.9. The van der Waals surface area contributed by atoms with E-state index < -0.39 is 0 Å². The van der Waals surface area contributed by atoms with Gasteiger partial charge in [0, 0.05) is 27.7 Å². The summed E-state index contributed by atoms with van der Waals surface area (Å²) in [6.07, 6.45) is 0. The predicted molar refractivity (Wildman–Crippen MR) is 231 cm³/mol. The van der Waals surface area contributed by atoms with E-state index in [9.17, 15) is 0 Å². The van der Waals surface area contributed by atoms with Crippen molar-refractivity contribution in [2.24, 2.45) is 0 Å². The van der Waals surface area contributed by atoms with E-state index in [0.29, 0.717) is 0 Å². The van der Waals surface area contributed by atoms with Crippen molar-refractivity contribution in [1.29, 1.82) is 0 Å². The van der Waals surface area contributed by atoms with Gasteiger partial charge in [-0.2, -0.15) is 0 Å². The van der Waals surface area contributed by atoms with E-state index in [1.165, 1.54) is 82.6 Å². The molecule has 0 aliphatic heterocycles. The molecular formula is C54H38O. The van der Waals surface area contributed by atoms with Crippen LogP contribution in [0.1, 0.15) is 47.6 Å². The van der Waals surface area contributed by atoms with Crippen molar-refractivity contribution >= 4 is 43.5 Å². The minimum absolute atomic E-state index is 0.0202. The Morgan fingerprint density at radius 3 is 1.96 bits per heavy atom. The third kappa shape index (κ3) is 4.93. The SMILES string of the molecule is CC1(C)c2ccccc2-c2ccc(-c3c4ccccc4cc4c3oc3cccc(C(c5ccc(-c6ccccc6)cc5)c5ccc6ccccc6c5)c34)cc21. The first-order valence-electron chi connectivity index (χ1n) is 19.3. The highest BCUT2D eigenvalue weighted by Gasteiger charge is 2.35. The smallest absolute Gasteiger partial charge is 0.143 e. The second-order valence-corrected chi connectivity index (χ2v) is 15.6. The second kappa shape index (κ2) is 12.2. The van der Waals surface area contributed by atoms with Crippen LogP contribution in [0.2, 0.25) is 0 Å². The van der Waals surface area contributed by atoms with Gasteiger partial charge < -0.3 is 4.42 Å². The molecule has 0 saturated heterocycles. The van der Waals surface area contributed by atoms with Crippen LogP contribution in [0.15, 0.2) is 192 Å². The van der Waals surface area contributed by atoms with Gasteiger partial charge in [0.05, 0.1) is 0 Å². The van der Waals surface area contributed by atoms with E-state index in [2.05, 4.69) is 202 Å². The van der Waals surface area contributed by atoms with Gasteiger partial charge in [0.2, 0.25) is 0 Å². The van der Waals surface area contributed by atoms with Crippen LogP contribution >= 0.6 is 0 Å². The molecule has 1 heterocycles. The van der Waals surface area contributed by atoms with Crippen molar-refractivity contribution in [2.75, 3.05) is 0 Å². The number of hydrogen-bond acceptors (Lipinski definition) is 1. The maximum absolute atomic E-state index is 7.09. The Labute approximate surface area is 321 Å². The van der Waals surface area contributed by atoms with E-state index in [-0.39, 0.29) is 11.3 Å². The first-order valence-corrected chi connectivity index (χ1v) is 19.3. The first-order chi connectivity index (χ1) is 27.0. The monoisotopic (exact) mass is 702 g/mol. The van der Waals surface area contributed by atoms with E-state index in [4.69, 9.17) is 4.42 Å². The average Bonchev–Trinajstić information content (AvgIpc) is 3.72. The Hall–Kier alpha value is -6.70. The Balaban J connectivity index is 1.16. The summed E-state index contributed by atoms with van der Waals surface area (Å²) in [7, 11) is 0. The number of hydrogen-bond donors (Lipinski definition) is 0. The summed E-state index contributed by atoms with van der Waals surface area (Å²) in [5, 5.41) is 7.21. The lowest BCUT2D eigenvalue weighted by Gasteiger charge is -2.22. The fraction of sp³-hybridized carbons (Fsp3) is 0.0741. The molecule has 1 aliphatic rings. The molecule has 10 aromatic rings. The van der Waals surface area contributed by atoms with Crippen LogP contribution in [-0.2, 0) is 5.41 Å². The van der Waals surface area contributed by atoms with Crippen molar-refractivity contribution < 1.29 is 4.42 Å². The summed E-state index contributed by atoms with van der Waals surface area (Å²) in [4.78, 5) is 0. The van der Waals surface area contributed by atoms with Gasteiger partial charge in [-0.15, -0.1) is 0 Å². The molecule has 1 unspecified atom stereocenters. The summed E-state index contributed by atoms with van der Waals surface area (Å²) >= 11 is 0. The van der Waals surface area contributed by atoms with E-state index in [0.717, 1.165) is 22.1 Å². The van der Waals surface area contributed by atoms with Crippen molar-refractivity contribution in [3.05, 3.63) is 216 Å². The summed E-state index contributed by atoms with van der Waals surface area (Å²) in [5.74, 6) is -0.0202. The Morgan fingerprint density at radius 1 is 0.436 bits per heavy atom. The minimum atomic E-state index is -0.101. The normalized spacial score (nSPS) is 13.7. The van der Waals surface area contributed by atoms with Crippen LogP contribution in [0.3, 0.4) is 0 Å². The molecule has 0 amide bonds. The molecule has 0 bridgehead atoms. The van der Waals surface area contributed by atoms with E-state index >= 15 is 0 Å². The van der Waals surface area contributed by atoms with Crippen LogP contribution in [0.4, 0.5) is 0 Å². The maximum Gasteiger partial charge on any atom is 0.143 e. The van der Waals surface area contributed by atoms with Gasteiger partial charge in [0.1, 0.15) is 11.2 Å². The first kappa shape index (κ1) is 31.8. The molecule has 0 N–H and O–H groups in total. The molecular weight excluding hydrogens is 665 g/mol. The summed E-state index contributed by atoms with van der Waals surface area (Å²) in [6.45, 7) is 4.71. The molecule has 1 heteroatoms. The van der Waals surface area contributed by atoms with Gasteiger partial charge in [-0.05, 0) is 95.4 Å². The number of rotatable bonds is 5. The molecule has 0 saturated carbocycles. The van der Waals surface area contributed by atoms with Crippen LogP contribution in [0.25, 0.3) is 76.9 Å². The average molecular weight is 703 g/mol. The van der Waals surface area contributed by atoms with Gasteiger partial charge in [-0.1, -0.05) is 184 Å². The van der Waals surface area contributed by atoms with Crippen molar-refractivity contribution in [3.8, 4) is 33.4 Å². The quantitative estimate of drug-likeness (QED) is 0.163. The fourth-order valence-corrected chi connectivity index (χ4v) is 9.48.